The van der Waals surface area contributed by atoms with Crippen LogP contribution < -0.4 is 15.4 Å². The van der Waals surface area contributed by atoms with Crippen molar-refractivity contribution in [2.75, 3.05) is 24.8 Å². The first-order valence-corrected chi connectivity index (χ1v) is 10.7. The summed E-state index contributed by atoms with van der Waals surface area (Å²) in [6.45, 7) is 2.06. The minimum absolute atomic E-state index is 0.589. The first-order valence-electron chi connectivity index (χ1n) is 10.7. The molecule has 4 N–H and O–H groups in total. The number of methoxy groups -OCH3 is 1. The predicted molar refractivity (Wildman–Crippen MR) is 130 cm³/mol. The Morgan fingerprint density at radius 3 is 2.69 bits per heavy atom. The van der Waals surface area contributed by atoms with Gasteiger partial charge in [-0.1, -0.05) is 0 Å². The van der Waals surface area contributed by atoms with Crippen molar-refractivity contribution in [1.29, 1.82) is 0 Å². The Morgan fingerprint density at radius 1 is 1.00 bits per heavy atom. The Balaban J connectivity index is 1.42. The van der Waals surface area contributed by atoms with E-state index in [0.717, 1.165) is 52.4 Å². The number of rotatable bonds is 7. The van der Waals surface area contributed by atoms with Crippen LogP contribution in [0.15, 0.2) is 54.9 Å². The highest BCUT2D eigenvalue weighted by atomic mass is 16.5. The number of aromatic nitrogens is 4. The number of nitrogens with one attached hydrogen (secondary N) is 4. The Hall–Kier alpha value is -4.00. The summed E-state index contributed by atoms with van der Waals surface area (Å²) in [4.78, 5) is 15.9. The number of nitrogens with zero attached hydrogens (tertiary/aromatic N) is 2. The van der Waals surface area contributed by atoms with E-state index >= 15 is 0 Å². The van der Waals surface area contributed by atoms with Crippen LogP contribution >= 0.6 is 0 Å². The van der Waals surface area contributed by atoms with Gasteiger partial charge >= 0.3 is 0 Å². The molecule has 0 amide bonds. The minimum atomic E-state index is 0.589. The molecule has 7 heteroatoms. The minimum Gasteiger partial charge on any atom is -0.497 e. The van der Waals surface area contributed by atoms with Crippen LogP contribution in [0.25, 0.3) is 21.8 Å². The summed E-state index contributed by atoms with van der Waals surface area (Å²) in [5.74, 6) is 2.26. The third-order valence-electron chi connectivity index (χ3n) is 5.74. The Bertz CT molecular complexity index is 1400. The van der Waals surface area contributed by atoms with E-state index in [1.807, 2.05) is 25.4 Å². The highest BCUT2D eigenvalue weighted by Crippen LogP contribution is 2.27. The first kappa shape index (κ1) is 19.9. The summed E-state index contributed by atoms with van der Waals surface area (Å²) >= 11 is 0. The summed E-state index contributed by atoms with van der Waals surface area (Å²) in [5, 5.41) is 8.89. The third kappa shape index (κ3) is 3.85. The van der Waals surface area contributed by atoms with Crippen molar-refractivity contribution in [2.24, 2.45) is 0 Å². The van der Waals surface area contributed by atoms with Crippen molar-refractivity contribution in [3.05, 3.63) is 71.7 Å². The molecular formula is C25H26N6O. The summed E-state index contributed by atoms with van der Waals surface area (Å²) in [5.41, 5.74) is 6.68. The fraction of sp³-hybridized carbons (Fsp3) is 0.200. The molecule has 0 bridgehead atoms. The molecule has 0 aliphatic carbocycles. The number of aromatic amines is 2. The second-order valence-electron chi connectivity index (χ2n) is 7.92. The number of benzene rings is 2. The number of anilines is 3. The van der Waals surface area contributed by atoms with Gasteiger partial charge in [0.05, 0.1) is 7.11 Å². The van der Waals surface area contributed by atoms with Gasteiger partial charge in [0.2, 0.25) is 5.95 Å². The van der Waals surface area contributed by atoms with Crippen molar-refractivity contribution < 1.29 is 4.74 Å². The van der Waals surface area contributed by atoms with E-state index in [4.69, 9.17) is 9.72 Å². The highest BCUT2D eigenvalue weighted by Gasteiger charge is 2.11. The van der Waals surface area contributed by atoms with Gasteiger partial charge in [0.15, 0.2) is 0 Å². The van der Waals surface area contributed by atoms with Crippen LogP contribution in [0.2, 0.25) is 0 Å². The Kier molecular flexibility index (Phi) is 5.15. The lowest BCUT2D eigenvalue weighted by molar-refractivity contribution is 0.415. The molecular weight excluding hydrogens is 400 g/mol. The molecule has 5 aromatic rings. The summed E-state index contributed by atoms with van der Waals surface area (Å²) in [7, 11) is 3.52. The van der Waals surface area contributed by atoms with Crippen molar-refractivity contribution in [3.8, 4) is 5.75 Å². The molecule has 0 aliphatic heterocycles. The topological polar surface area (TPSA) is 90.6 Å². The van der Waals surface area contributed by atoms with Crippen LogP contribution in [-0.4, -0.2) is 34.1 Å². The maximum atomic E-state index is 5.40. The third-order valence-corrected chi connectivity index (χ3v) is 5.74. The molecule has 0 saturated heterocycles. The molecule has 0 atom stereocenters. The van der Waals surface area contributed by atoms with Crippen molar-refractivity contribution in [1.82, 2.24) is 19.9 Å². The molecule has 0 spiro atoms. The fourth-order valence-corrected chi connectivity index (χ4v) is 4.07. The van der Waals surface area contributed by atoms with Crippen LogP contribution in [0.4, 0.5) is 17.5 Å². The SMILES string of the molecule is CNc1ncc(CCc2c[nH]c3ccc(OC)cc23)c(Nc2ccc3[nH]c(C)cc3c2)n1. The van der Waals surface area contributed by atoms with E-state index in [9.17, 15) is 0 Å². The maximum absolute atomic E-state index is 5.40. The first-order chi connectivity index (χ1) is 15.6. The van der Waals surface area contributed by atoms with E-state index in [1.165, 1.54) is 16.3 Å². The van der Waals surface area contributed by atoms with E-state index in [0.29, 0.717) is 5.95 Å². The second kappa shape index (κ2) is 8.26. The van der Waals surface area contributed by atoms with Gasteiger partial charge < -0.3 is 25.3 Å². The highest BCUT2D eigenvalue weighted by molar-refractivity contribution is 5.85. The largest absolute Gasteiger partial charge is 0.497 e. The van der Waals surface area contributed by atoms with Gasteiger partial charge in [-0.05, 0) is 67.8 Å². The van der Waals surface area contributed by atoms with Crippen LogP contribution in [0.5, 0.6) is 5.75 Å². The van der Waals surface area contributed by atoms with Crippen LogP contribution in [0.3, 0.4) is 0 Å². The molecule has 32 heavy (non-hydrogen) atoms. The summed E-state index contributed by atoms with van der Waals surface area (Å²) < 4.78 is 5.40. The van der Waals surface area contributed by atoms with E-state index in [2.05, 4.69) is 69.0 Å². The second-order valence-corrected chi connectivity index (χ2v) is 7.92. The molecule has 0 fully saturated rings. The van der Waals surface area contributed by atoms with Crippen LogP contribution in [-0.2, 0) is 12.8 Å². The van der Waals surface area contributed by atoms with Gasteiger partial charge in [-0.2, -0.15) is 4.98 Å². The summed E-state index contributed by atoms with van der Waals surface area (Å²) in [6, 6.07) is 14.5. The molecule has 5 rings (SSSR count). The van der Waals surface area contributed by atoms with Gasteiger partial charge in [0.1, 0.15) is 11.6 Å². The molecule has 162 valence electrons. The van der Waals surface area contributed by atoms with E-state index in [1.54, 1.807) is 7.11 Å². The molecule has 0 unspecified atom stereocenters. The zero-order chi connectivity index (χ0) is 22.1. The maximum Gasteiger partial charge on any atom is 0.224 e. The fourth-order valence-electron chi connectivity index (χ4n) is 4.07. The summed E-state index contributed by atoms with van der Waals surface area (Å²) in [6.07, 6.45) is 5.64. The Labute approximate surface area is 186 Å². The predicted octanol–water partition coefficient (Wildman–Crippen LogP) is 5.33. The van der Waals surface area contributed by atoms with Gasteiger partial charge in [-0.3, -0.25) is 0 Å². The van der Waals surface area contributed by atoms with Gasteiger partial charge in [-0.25, -0.2) is 4.98 Å². The lowest BCUT2D eigenvalue weighted by Gasteiger charge is -2.12. The molecule has 0 radical (unpaired) electrons. The smallest absolute Gasteiger partial charge is 0.224 e. The van der Waals surface area contributed by atoms with Crippen LogP contribution in [0.1, 0.15) is 16.8 Å². The number of fused-ring (bicyclic) bond motifs is 2. The number of ether oxygens (including phenoxy) is 1. The van der Waals surface area contributed by atoms with Crippen molar-refractivity contribution in [2.45, 2.75) is 19.8 Å². The molecule has 7 nitrogen and oxygen atoms in total. The molecule has 0 aliphatic rings. The van der Waals surface area contributed by atoms with Gasteiger partial charge in [-0.15, -0.1) is 0 Å². The molecule has 3 heterocycles. The number of hydrogen-bond acceptors (Lipinski definition) is 5. The van der Waals surface area contributed by atoms with Gasteiger partial charge in [0.25, 0.3) is 0 Å². The van der Waals surface area contributed by atoms with E-state index in [-0.39, 0.29) is 0 Å². The van der Waals surface area contributed by atoms with Gasteiger partial charge in [0, 0.05) is 58.2 Å². The standard InChI is InChI=1S/C25H26N6O/c1-15-10-18-11-19(6-8-22(18)29-15)30-24-17(14-28-25(26-2)31-24)5-4-16-13-27-23-9-7-20(32-3)12-21(16)23/h6-14,27,29H,4-5H2,1-3H3,(H2,26,28,30,31). The van der Waals surface area contributed by atoms with Crippen molar-refractivity contribution >= 4 is 39.3 Å². The van der Waals surface area contributed by atoms with Crippen molar-refractivity contribution in [3.63, 3.8) is 0 Å². The molecule has 2 aromatic carbocycles. The molecule has 0 saturated carbocycles. The number of hydrogen-bond donors (Lipinski definition) is 4. The zero-order valence-corrected chi connectivity index (χ0v) is 18.4. The number of aryl methyl sites for hydroxylation is 3. The monoisotopic (exact) mass is 426 g/mol. The quantitative estimate of drug-likeness (QED) is 0.282. The molecule has 3 aromatic heterocycles. The average Bonchev–Trinajstić information content (AvgIpc) is 3.39. The lowest BCUT2D eigenvalue weighted by Crippen LogP contribution is -2.05. The van der Waals surface area contributed by atoms with E-state index < -0.39 is 0 Å². The van der Waals surface area contributed by atoms with Crippen LogP contribution in [0, 0.1) is 6.92 Å². The number of H-pyrrole nitrogens is 2. The average molecular weight is 427 g/mol. The normalized spacial score (nSPS) is 11.2. The Morgan fingerprint density at radius 2 is 1.84 bits per heavy atom. The zero-order valence-electron chi connectivity index (χ0n) is 18.4. The lowest BCUT2D eigenvalue weighted by atomic mass is 10.0.